The molecule has 3 heterocycles. The molecule has 0 unspecified atom stereocenters. The summed E-state index contributed by atoms with van der Waals surface area (Å²) in [4.78, 5) is 19.2. The summed E-state index contributed by atoms with van der Waals surface area (Å²) >= 11 is 12.9. The van der Waals surface area contributed by atoms with E-state index in [1.807, 2.05) is 54.6 Å². The molecule has 0 aliphatic carbocycles. The Labute approximate surface area is 177 Å². The first kappa shape index (κ1) is 18.9. The van der Waals surface area contributed by atoms with E-state index < -0.39 is 0 Å². The van der Waals surface area contributed by atoms with Gasteiger partial charge in [0.25, 0.3) is 5.91 Å². The van der Waals surface area contributed by atoms with Crippen molar-refractivity contribution in [3.63, 3.8) is 0 Å². The van der Waals surface area contributed by atoms with Gasteiger partial charge in [-0.15, -0.1) is 0 Å². The average Bonchev–Trinajstić information content (AvgIpc) is 3.26. The van der Waals surface area contributed by atoms with Crippen LogP contribution >= 0.6 is 35.6 Å². The van der Waals surface area contributed by atoms with Gasteiger partial charge in [-0.3, -0.25) is 14.7 Å². The molecule has 1 aromatic carbocycles. The highest BCUT2D eigenvalue weighted by Crippen LogP contribution is 2.34. The minimum atomic E-state index is -0.110. The third-order valence-corrected chi connectivity index (χ3v) is 5.94. The Bertz CT molecular complexity index is 1060. The molecule has 0 saturated carbocycles. The maximum absolute atomic E-state index is 12.7. The number of thiocarbonyl (C=S) groups is 1. The van der Waals surface area contributed by atoms with Gasteiger partial charge in [-0.25, -0.2) is 0 Å². The SMILES string of the molecule is O=C1C(=Cc2ccc(-c3ccccc3Cl)o2)SC(=S)N1CCc1ccccn1. The summed E-state index contributed by atoms with van der Waals surface area (Å²) in [5, 5.41) is 0.615. The summed E-state index contributed by atoms with van der Waals surface area (Å²) < 4.78 is 6.41. The van der Waals surface area contributed by atoms with E-state index >= 15 is 0 Å². The number of pyridine rings is 1. The van der Waals surface area contributed by atoms with Crippen molar-refractivity contribution in [2.45, 2.75) is 6.42 Å². The van der Waals surface area contributed by atoms with Gasteiger partial charge in [0.1, 0.15) is 15.8 Å². The lowest BCUT2D eigenvalue weighted by Crippen LogP contribution is -2.30. The van der Waals surface area contributed by atoms with Gasteiger partial charge < -0.3 is 4.42 Å². The van der Waals surface area contributed by atoms with E-state index in [9.17, 15) is 4.79 Å². The summed E-state index contributed by atoms with van der Waals surface area (Å²) in [6.45, 7) is 0.502. The Morgan fingerprint density at radius 2 is 1.96 bits per heavy atom. The predicted molar refractivity (Wildman–Crippen MR) is 117 cm³/mol. The van der Waals surface area contributed by atoms with Gasteiger partial charge in [0.05, 0.1) is 9.93 Å². The van der Waals surface area contributed by atoms with E-state index in [2.05, 4.69) is 4.98 Å². The standard InChI is InChI=1S/C21H15ClN2O2S2/c22-17-7-2-1-6-16(17)18-9-8-15(26-18)13-19-20(25)24(21(27)28-19)12-10-14-5-3-4-11-23-14/h1-9,11,13H,10,12H2. The molecule has 0 radical (unpaired) electrons. The number of benzene rings is 1. The lowest BCUT2D eigenvalue weighted by Gasteiger charge is -2.13. The normalized spacial score (nSPS) is 15.6. The van der Waals surface area contributed by atoms with Crippen LogP contribution in [0.2, 0.25) is 5.02 Å². The van der Waals surface area contributed by atoms with Gasteiger partial charge in [0.2, 0.25) is 0 Å². The Morgan fingerprint density at radius 1 is 1.14 bits per heavy atom. The van der Waals surface area contributed by atoms with E-state index in [4.69, 9.17) is 28.2 Å². The van der Waals surface area contributed by atoms with Crippen molar-refractivity contribution in [1.82, 2.24) is 9.88 Å². The van der Waals surface area contributed by atoms with Gasteiger partial charge in [0, 0.05) is 36.5 Å². The van der Waals surface area contributed by atoms with E-state index in [-0.39, 0.29) is 5.91 Å². The van der Waals surface area contributed by atoms with Crippen molar-refractivity contribution in [3.05, 3.63) is 82.2 Å². The van der Waals surface area contributed by atoms with Crippen LogP contribution in [0.4, 0.5) is 0 Å². The summed E-state index contributed by atoms with van der Waals surface area (Å²) in [7, 11) is 0. The second-order valence-electron chi connectivity index (χ2n) is 6.09. The molecular formula is C21H15ClN2O2S2. The van der Waals surface area contributed by atoms with Crippen molar-refractivity contribution >= 4 is 51.9 Å². The maximum Gasteiger partial charge on any atom is 0.266 e. The molecule has 0 spiro atoms. The van der Waals surface area contributed by atoms with Gasteiger partial charge in [-0.1, -0.05) is 53.8 Å². The first-order valence-corrected chi connectivity index (χ1v) is 10.2. The van der Waals surface area contributed by atoms with E-state index in [1.54, 1.807) is 17.2 Å². The molecule has 0 bridgehead atoms. The minimum Gasteiger partial charge on any atom is -0.457 e. The van der Waals surface area contributed by atoms with Crippen LogP contribution in [-0.2, 0) is 11.2 Å². The zero-order chi connectivity index (χ0) is 19.5. The topological polar surface area (TPSA) is 46.3 Å². The number of amides is 1. The zero-order valence-electron chi connectivity index (χ0n) is 14.7. The van der Waals surface area contributed by atoms with Gasteiger partial charge in [-0.05, 0) is 36.4 Å². The molecule has 1 fully saturated rings. The predicted octanol–water partition coefficient (Wildman–Crippen LogP) is 5.44. The zero-order valence-corrected chi connectivity index (χ0v) is 17.1. The fourth-order valence-electron chi connectivity index (χ4n) is 2.83. The van der Waals surface area contributed by atoms with Crippen molar-refractivity contribution in [2.24, 2.45) is 0 Å². The first-order valence-electron chi connectivity index (χ1n) is 8.62. The summed E-state index contributed by atoms with van der Waals surface area (Å²) in [5.41, 5.74) is 1.74. The number of hydrogen-bond donors (Lipinski definition) is 0. The van der Waals surface area contributed by atoms with Gasteiger partial charge in [0.15, 0.2) is 0 Å². The number of carbonyl (C=O) groups excluding carboxylic acids is 1. The molecular weight excluding hydrogens is 412 g/mol. The highest BCUT2D eigenvalue weighted by Gasteiger charge is 2.32. The van der Waals surface area contributed by atoms with Crippen LogP contribution in [0.5, 0.6) is 0 Å². The minimum absolute atomic E-state index is 0.110. The Hall–Kier alpha value is -2.41. The molecule has 0 N–H and O–H groups in total. The summed E-state index contributed by atoms with van der Waals surface area (Å²) in [6.07, 6.45) is 4.12. The first-order chi connectivity index (χ1) is 13.6. The molecule has 28 heavy (non-hydrogen) atoms. The second-order valence-corrected chi connectivity index (χ2v) is 8.17. The number of nitrogens with zero attached hydrogens (tertiary/aromatic N) is 2. The smallest absolute Gasteiger partial charge is 0.266 e. The Balaban J connectivity index is 1.49. The van der Waals surface area contributed by atoms with Gasteiger partial charge >= 0.3 is 0 Å². The Morgan fingerprint density at radius 3 is 2.75 bits per heavy atom. The van der Waals surface area contributed by atoms with Crippen molar-refractivity contribution in [1.29, 1.82) is 0 Å². The lowest BCUT2D eigenvalue weighted by atomic mass is 10.2. The number of carbonyl (C=O) groups is 1. The summed E-state index contributed by atoms with van der Waals surface area (Å²) in [6, 6.07) is 16.9. The molecule has 4 nitrogen and oxygen atoms in total. The molecule has 3 aromatic rings. The molecule has 7 heteroatoms. The maximum atomic E-state index is 12.7. The van der Waals surface area contributed by atoms with Crippen LogP contribution in [0, 0.1) is 0 Å². The molecule has 1 amide bonds. The molecule has 1 saturated heterocycles. The number of thioether (sulfide) groups is 1. The largest absolute Gasteiger partial charge is 0.457 e. The second kappa shape index (κ2) is 8.31. The van der Waals surface area contributed by atoms with E-state index in [0.29, 0.717) is 38.7 Å². The number of hydrogen-bond acceptors (Lipinski definition) is 5. The van der Waals surface area contributed by atoms with Crippen LogP contribution in [-0.4, -0.2) is 26.7 Å². The number of halogens is 1. The van der Waals surface area contributed by atoms with Crippen LogP contribution < -0.4 is 0 Å². The lowest BCUT2D eigenvalue weighted by molar-refractivity contribution is -0.122. The molecule has 0 atom stereocenters. The van der Waals surface area contributed by atoms with Crippen LogP contribution in [0.15, 0.2) is 70.1 Å². The fourth-order valence-corrected chi connectivity index (χ4v) is 4.35. The van der Waals surface area contributed by atoms with E-state index in [0.717, 1.165) is 11.3 Å². The molecule has 4 rings (SSSR count). The van der Waals surface area contributed by atoms with Crippen molar-refractivity contribution in [3.8, 4) is 11.3 Å². The summed E-state index contributed by atoms with van der Waals surface area (Å²) in [5.74, 6) is 1.13. The molecule has 140 valence electrons. The number of furan rings is 1. The molecule has 2 aromatic heterocycles. The van der Waals surface area contributed by atoms with Crippen molar-refractivity contribution < 1.29 is 9.21 Å². The molecule has 1 aliphatic heterocycles. The monoisotopic (exact) mass is 426 g/mol. The quantitative estimate of drug-likeness (QED) is 0.401. The number of rotatable bonds is 5. The van der Waals surface area contributed by atoms with Crippen LogP contribution in [0.25, 0.3) is 17.4 Å². The van der Waals surface area contributed by atoms with Gasteiger partial charge in [-0.2, -0.15) is 0 Å². The Kier molecular flexibility index (Phi) is 5.62. The average molecular weight is 427 g/mol. The van der Waals surface area contributed by atoms with Crippen LogP contribution in [0.1, 0.15) is 11.5 Å². The highest BCUT2D eigenvalue weighted by molar-refractivity contribution is 8.26. The number of aromatic nitrogens is 1. The highest BCUT2D eigenvalue weighted by atomic mass is 35.5. The third kappa shape index (κ3) is 4.04. The van der Waals surface area contributed by atoms with E-state index in [1.165, 1.54) is 11.8 Å². The van der Waals surface area contributed by atoms with Crippen LogP contribution in [0.3, 0.4) is 0 Å². The molecule has 1 aliphatic rings. The fraction of sp³-hybridized carbons (Fsp3) is 0.0952. The van der Waals surface area contributed by atoms with Crippen molar-refractivity contribution in [2.75, 3.05) is 6.54 Å². The third-order valence-electron chi connectivity index (χ3n) is 4.23.